The summed E-state index contributed by atoms with van der Waals surface area (Å²) < 4.78 is 11.3. The molecule has 1 atom stereocenters. The van der Waals surface area contributed by atoms with Gasteiger partial charge in [0, 0.05) is 31.0 Å². The van der Waals surface area contributed by atoms with E-state index in [-0.39, 0.29) is 30.3 Å². The van der Waals surface area contributed by atoms with E-state index in [2.05, 4.69) is 37.4 Å². The maximum atomic E-state index is 13.4. The van der Waals surface area contributed by atoms with Crippen LogP contribution in [0.5, 0.6) is 5.75 Å². The quantitative estimate of drug-likeness (QED) is 0.521. The number of carbonyl (C=O) groups is 2. The van der Waals surface area contributed by atoms with Crippen LogP contribution in [0.2, 0.25) is 0 Å². The van der Waals surface area contributed by atoms with Crippen molar-refractivity contribution in [2.45, 2.75) is 45.1 Å². The highest BCUT2D eigenvalue weighted by Crippen LogP contribution is 2.35. The van der Waals surface area contributed by atoms with Crippen LogP contribution in [0.25, 0.3) is 0 Å². The number of carbonyl (C=O) groups excluding carboxylic acids is 2. The SMILES string of the molecule is COCCN(CC(=O)N1CCc2sccc2[C@@H]1COc1ccc(C(C)C)cc1)C(=O)C1CC1. The number of fused-ring (bicyclic) bond motifs is 1. The Labute approximate surface area is 200 Å². The molecule has 178 valence electrons. The number of benzene rings is 1. The summed E-state index contributed by atoms with van der Waals surface area (Å²) >= 11 is 1.74. The highest BCUT2D eigenvalue weighted by atomic mass is 32.1. The largest absolute Gasteiger partial charge is 0.491 e. The fraction of sp³-hybridized carbons (Fsp3) is 0.538. The summed E-state index contributed by atoms with van der Waals surface area (Å²) in [5.74, 6) is 1.40. The molecule has 4 rings (SSSR count). The van der Waals surface area contributed by atoms with Crippen molar-refractivity contribution < 1.29 is 19.1 Å². The van der Waals surface area contributed by atoms with E-state index in [0.717, 1.165) is 30.6 Å². The molecule has 1 aromatic heterocycles. The first-order valence-corrected chi connectivity index (χ1v) is 12.7. The first-order valence-electron chi connectivity index (χ1n) is 11.8. The molecule has 0 unspecified atom stereocenters. The Morgan fingerprint density at radius 2 is 1.94 bits per heavy atom. The second kappa shape index (κ2) is 10.7. The van der Waals surface area contributed by atoms with E-state index in [0.29, 0.717) is 32.2 Å². The van der Waals surface area contributed by atoms with Crippen molar-refractivity contribution in [1.29, 1.82) is 0 Å². The maximum Gasteiger partial charge on any atom is 0.242 e. The molecule has 2 aromatic rings. The highest BCUT2D eigenvalue weighted by Gasteiger charge is 2.37. The first-order chi connectivity index (χ1) is 16.0. The second-order valence-corrected chi connectivity index (χ2v) is 10.2. The van der Waals surface area contributed by atoms with Gasteiger partial charge in [0.15, 0.2) is 0 Å². The van der Waals surface area contributed by atoms with Crippen LogP contribution in [-0.2, 0) is 20.7 Å². The van der Waals surface area contributed by atoms with E-state index in [1.807, 2.05) is 17.0 Å². The molecule has 33 heavy (non-hydrogen) atoms. The number of thiophene rings is 1. The minimum atomic E-state index is -0.155. The number of amides is 2. The Kier molecular flexibility index (Phi) is 7.71. The van der Waals surface area contributed by atoms with Gasteiger partial charge in [0.25, 0.3) is 0 Å². The molecule has 2 aliphatic rings. The van der Waals surface area contributed by atoms with Crippen LogP contribution in [0, 0.1) is 5.92 Å². The third-order valence-corrected chi connectivity index (χ3v) is 7.50. The average Bonchev–Trinajstić information content (AvgIpc) is 3.56. The summed E-state index contributed by atoms with van der Waals surface area (Å²) in [5, 5.41) is 2.09. The molecular formula is C26H34N2O4S. The number of rotatable bonds is 10. The number of hydrogen-bond acceptors (Lipinski definition) is 5. The number of nitrogens with zero attached hydrogens (tertiary/aromatic N) is 2. The van der Waals surface area contributed by atoms with Crippen molar-refractivity contribution in [1.82, 2.24) is 9.80 Å². The Morgan fingerprint density at radius 1 is 1.18 bits per heavy atom. The molecule has 0 radical (unpaired) electrons. The fourth-order valence-corrected chi connectivity index (χ4v) is 5.24. The van der Waals surface area contributed by atoms with Crippen molar-refractivity contribution in [3.05, 3.63) is 51.7 Å². The van der Waals surface area contributed by atoms with E-state index in [1.165, 1.54) is 10.4 Å². The zero-order valence-electron chi connectivity index (χ0n) is 19.8. The van der Waals surface area contributed by atoms with Crippen molar-refractivity contribution >= 4 is 23.2 Å². The lowest BCUT2D eigenvalue weighted by atomic mass is 10.00. The van der Waals surface area contributed by atoms with Crippen LogP contribution in [0.4, 0.5) is 0 Å². The fourth-order valence-electron chi connectivity index (χ4n) is 4.31. The predicted octanol–water partition coefficient (Wildman–Crippen LogP) is 4.26. The van der Waals surface area contributed by atoms with Gasteiger partial charge in [-0.15, -0.1) is 11.3 Å². The highest BCUT2D eigenvalue weighted by molar-refractivity contribution is 7.10. The van der Waals surface area contributed by atoms with Gasteiger partial charge < -0.3 is 19.3 Å². The van der Waals surface area contributed by atoms with Gasteiger partial charge in [-0.05, 0) is 59.9 Å². The molecule has 0 N–H and O–H groups in total. The summed E-state index contributed by atoms with van der Waals surface area (Å²) in [5.41, 5.74) is 2.43. The predicted molar refractivity (Wildman–Crippen MR) is 130 cm³/mol. The molecular weight excluding hydrogens is 436 g/mol. The molecule has 0 saturated heterocycles. The van der Waals surface area contributed by atoms with Crippen LogP contribution in [0.3, 0.4) is 0 Å². The van der Waals surface area contributed by atoms with E-state index >= 15 is 0 Å². The second-order valence-electron chi connectivity index (χ2n) is 9.21. The Hall–Kier alpha value is -2.38. The molecule has 0 spiro atoms. The summed E-state index contributed by atoms with van der Waals surface area (Å²) in [7, 11) is 1.62. The van der Waals surface area contributed by atoms with Gasteiger partial charge in [-0.1, -0.05) is 26.0 Å². The third kappa shape index (κ3) is 5.76. The molecule has 2 heterocycles. The Balaban J connectivity index is 1.47. The van der Waals surface area contributed by atoms with Crippen LogP contribution < -0.4 is 4.74 Å². The molecule has 1 aromatic carbocycles. The Bertz CT molecular complexity index is 951. The lowest BCUT2D eigenvalue weighted by Crippen LogP contribution is -2.48. The molecule has 1 aliphatic heterocycles. The van der Waals surface area contributed by atoms with Crippen molar-refractivity contribution in [2.75, 3.05) is 40.0 Å². The molecule has 2 amide bonds. The van der Waals surface area contributed by atoms with Gasteiger partial charge in [-0.2, -0.15) is 0 Å². The molecule has 0 bridgehead atoms. The van der Waals surface area contributed by atoms with E-state index < -0.39 is 0 Å². The van der Waals surface area contributed by atoms with Crippen molar-refractivity contribution in [3.8, 4) is 5.75 Å². The lowest BCUT2D eigenvalue weighted by molar-refractivity contribution is -0.143. The number of hydrogen-bond donors (Lipinski definition) is 0. The van der Waals surface area contributed by atoms with E-state index in [4.69, 9.17) is 9.47 Å². The van der Waals surface area contributed by atoms with Crippen LogP contribution in [-0.4, -0.2) is 61.6 Å². The van der Waals surface area contributed by atoms with Gasteiger partial charge >= 0.3 is 0 Å². The Morgan fingerprint density at radius 3 is 2.61 bits per heavy atom. The minimum Gasteiger partial charge on any atom is -0.491 e. The number of methoxy groups -OCH3 is 1. The van der Waals surface area contributed by atoms with E-state index in [9.17, 15) is 9.59 Å². The van der Waals surface area contributed by atoms with Gasteiger partial charge in [-0.25, -0.2) is 0 Å². The standard InChI is InChI=1S/C26H34N2O4S/c1-18(2)19-6-8-21(9-7-19)32-17-23-22-11-15-33-24(22)10-12-28(23)25(29)16-27(13-14-31-3)26(30)20-4-5-20/h6-9,11,15,18,20,23H,4-5,10,12-14,16-17H2,1-3H3/t23-/m0/s1. The zero-order valence-corrected chi connectivity index (χ0v) is 20.6. The molecule has 1 aliphatic carbocycles. The van der Waals surface area contributed by atoms with Gasteiger partial charge in [0.2, 0.25) is 11.8 Å². The van der Waals surface area contributed by atoms with Crippen molar-refractivity contribution in [2.24, 2.45) is 5.92 Å². The van der Waals surface area contributed by atoms with Gasteiger partial charge in [0.05, 0.1) is 19.2 Å². The molecule has 6 nitrogen and oxygen atoms in total. The minimum absolute atomic E-state index is 0.0271. The molecule has 1 fully saturated rings. The lowest BCUT2D eigenvalue weighted by Gasteiger charge is -2.37. The monoisotopic (exact) mass is 470 g/mol. The van der Waals surface area contributed by atoms with E-state index in [1.54, 1.807) is 23.3 Å². The molecule has 1 saturated carbocycles. The first kappa shape index (κ1) is 23.8. The van der Waals surface area contributed by atoms with Crippen LogP contribution >= 0.6 is 11.3 Å². The van der Waals surface area contributed by atoms with Crippen LogP contribution in [0.15, 0.2) is 35.7 Å². The number of ether oxygens (including phenoxy) is 2. The average molecular weight is 471 g/mol. The third-order valence-electron chi connectivity index (χ3n) is 6.50. The van der Waals surface area contributed by atoms with Crippen molar-refractivity contribution in [3.63, 3.8) is 0 Å². The smallest absolute Gasteiger partial charge is 0.242 e. The summed E-state index contributed by atoms with van der Waals surface area (Å²) in [6, 6.07) is 10.1. The summed E-state index contributed by atoms with van der Waals surface area (Å²) in [6.45, 7) is 6.34. The summed E-state index contributed by atoms with van der Waals surface area (Å²) in [6.07, 6.45) is 2.68. The van der Waals surface area contributed by atoms with Crippen LogP contribution in [0.1, 0.15) is 54.7 Å². The zero-order chi connectivity index (χ0) is 23.4. The summed E-state index contributed by atoms with van der Waals surface area (Å²) in [4.78, 5) is 31.1. The maximum absolute atomic E-state index is 13.4. The normalized spacial score (nSPS) is 17.7. The van der Waals surface area contributed by atoms with Gasteiger partial charge in [0.1, 0.15) is 12.4 Å². The van der Waals surface area contributed by atoms with Gasteiger partial charge in [-0.3, -0.25) is 9.59 Å². The topological polar surface area (TPSA) is 59.1 Å². The molecule has 7 heteroatoms.